The van der Waals surface area contributed by atoms with Crippen molar-refractivity contribution in [3.63, 3.8) is 0 Å². The highest BCUT2D eigenvalue weighted by molar-refractivity contribution is 7.18. The van der Waals surface area contributed by atoms with Crippen LogP contribution in [0.5, 0.6) is 0 Å². The number of nitrogens with zero attached hydrogens (tertiary/aromatic N) is 2. The Labute approximate surface area is 143 Å². The van der Waals surface area contributed by atoms with E-state index in [1.54, 1.807) is 16.2 Å². The third-order valence-electron chi connectivity index (χ3n) is 5.48. The average Bonchev–Trinajstić information content (AvgIpc) is 2.94. The summed E-state index contributed by atoms with van der Waals surface area (Å²) in [5.74, 6) is 0. The van der Waals surface area contributed by atoms with Crippen LogP contribution in [0.15, 0.2) is 18.2 Å². The molecule has 0 spiro atoms. The zero-order valence-electron chi connectivity index (χ0n) is 14.5. The summed E-state index contributed by atoms with van der Waals surface area (Å²) < 4.78 is 2.58. The van der Waals surface area contributed by atoms with Gasteiger partial charge in [0.2, 0.25) is 0 Å². The SMILES string of the molecule is CC[N+]1(CCc2ccc3sc(C)nc3c2)CC[NH+](CCN)CC1. The highest BCUT2D eigenvalue weighted by Gasteiger charge is 2.33. The first-order chi connectivity index (χ1) is 11.1. The van der Waals surface area contributed by atoms with Crippen LogP contribution in [-0.2, 0) is 6.42 Å². The number of hydrogen-bond acceptors (Lipinski definition) is 3. The number of quaternary nitrogens is 2. The lowest BCUT2D eigenvalue weighted by atomic mass is 10.1. The lowest BCUT2D eigenvalue weighted by molar-refractivity contribution is -1.02. The first-order valence-electron chi connectivity index (χ1n) is 8.89. The van der Waals surface area contributed by atoms with Gasteiger partial charge in [0.05, 0.1) is 34.9 Å². The van der Waals surface area contributed by atoms with Gasteiger partial charge in [0.25, 0.3) is 0 Å². The number of aryl methyl sites for hydroxylation is 1. The third-order valence-corrected chi connectivity index (χ3v) is 6.43. The maximum Gasteiger partial charge on any atom is 0.129 e. The second-order valence-corrected chi connectivity index (χ2v) is 8.14. The molecule has 3 rings (SSSR count). The molecule has 5 heteroatoms. The van der Waals surface area contributed by atoms with Crippen molar-refractivity contribution in [2.24, 2.45) is 5.73 Å². The summed E-state index contributed by atoms with van der Waals surface area (Å²) >= 11 is 1.79. The molecule has 3 N–H and O–H groups in total. The molecule has 0 saturated carbocycles. The van der Waals surface area contributed by atoms with E-state index in [2.05, 4.69) is 37.0 Å². The van der Waals surface area contributed by atoms with Crippen molar-refractivity contribution in [1.82, 2.24) is 4.98 Å². The molecule has 1 aliphatic heterocycles. The van der Waals surface area contributed by atoms with Crippen LogP contribution in [0.2, 0.25) is 0 Å². The van der Waals surface area contributed by atoms with Crippen LogP contribution in [0.1, 0.15) is 17.5 Å². The van der Waals surface area contributed by atoms with Gasteiger partial charge in [-0.25, -0.2) is 4.98 Å². The maximum atomic E-state index is 5.71. The van der Waals surface area contributed by atoms with E-state index in [0.717, 1.165) is 24.5 Å². The summed E-state index contributed by atoms with van der Waals surface area (Å²) in [6, 6.07) is 6.83. The van der Waals surface area contributed by atoms with E-state index in [0.29, 0.717) is 0 Å². The molecule has 2 heterocycles. The van der Waals surface area contributed by atoms with Gasteiger partial charge in [-0.05, 0) is 31.5 Å². The third kappa shape index (κ3) is 3.91. The number of nitrogens with two attached hydrogens (primary N) is 1. The van der Waals surface area contributed by atoms with Crippen LogP contribution in [0.3, 0.4) is 0 Å². The Kier molecular flexibility index (Phi) is 5.31. The number of rotatable bonds is 6. The molecule has 0 atom stereocenters. The molecule has 0 aliphatic carbocycles. The van der Waals surface area contributed by atoms with Crippen molar-refractivity contribution < 1.29 is 9.38 Å². The highest BCUT2D eigenvalue weighted by atomic mass is 32.1. The maximum absolute atomic E-state index is 5.71. The molecule has 0 amide bonds. The van der Waals surface area contributed by atoms with Crippen molar-refractivity contribution in [2.75, 3.05) is 52.4 Å². The lowest BCUT2D eigenvalue weighted by Crippen LogP contribution is -3.16. The van der Waals surface area contributed by atoms with Gasteiger partial charge >= 0.3 is 0 Å². The minimum absolute atomic E-state index is 0.814. The smallest absolute Gasteiger partial charge is 0.129 e. The number of thiazole rings is 1. The number of piperazine rings is 1. The van der Waals surface area contributed by atoms with Gasteiger partial charge in [-0.1, -0.05) is 6.07 Å². The van der Waals surface area contributed by atoms with E-state index in [9.17, 15) is 0 Å². The van der Waals surface area contributed by atoms with Gasteiger partial charge in [-0.15, -0.1) is 11.3 Å². The van der Waals surface area contributed by atoms with E-state index in [4.69, 9.17) is 5.73 Å². The van der Waals surface area contributed by atoms with Crippen LogP contribution in [0.4, 0.5) is 0 Å². The lowest BCUT2D eigenvalue weighted by Gasteiger charge is -2.42. The fraction of sp³-hybridized carbons (Fsp3) is 0.611. The molecule has 1 fully saturated rings. The molecule has 126 valence electrons. The normalized spacial score (nSPS) is 25.1. The molecule has 23 heavy (non-hydrogen) atoms. The molecule has 1 aromatic carbocycles. The van der Waals surface area contributed by atoms with E-state index in [1.165, 1.54) is 59.5 Å². The summed E-state index contributed by atoms with van der Waals surface area (Å²) in [7, 11) is 0. The molecule has 0 unspecified atom stereocenters. The first kappa shape index (κ1) is 16.8. The minimum Gasteiger partial charge on any atom is -0.326 e. The fourth-order valence-electron chi connectivity index (χ4n) is 3.79. The van der Waals surface area contributed by atoms with Crippen LogP contribution < -0.4 is 10.6 Å². The topological polar surface area (TPSA) is 43.4 Å². The van der Waals surface area contributed by atoms with E-state index < -0.39 is 0 Å². The van der Waals surface area contributed by atoms with Gasteiger partial charge in [-0.3, -0.25) is 0 Å². The zero-order valence-corrected chi connectivity index (χ0v) is 15.3. The standard InChI is InChI=1S/C18H29N4S/c1-3-22(12-9-21(8-7-19)10-13-22)11-6-16-4-5-18-17(14-16)20-15(2)23-18/h4-5,14H,3,6-13,19H2,1-2H3/q+1/p+1. The van der Waals surface area contributed by atoms with Gasteiger partial charge in [0.1, 0.15) is 26.2 Å². The summed E-state index contributed by atoms with van der Waals surface area (Å²) in [5, 5.41) is 1.16. The second kappa shape index (κ2) is 7.26. The number of nitrogens with one attached hydrogen (secondary N) is 1. The number of benzene rings is 1. The van der Waals surface area contributed by atoms with Crippen molar-refractivity contribution in [3.05, 3.63) is 28.8 Å². The molecular weight excluding hydrogens is 304 g/mol. The van der Waals surface area contributed by atoms with Crippen LogP contribution in [0.25, 0.3) is 10.2 Å². The average molecular weight is 335 g/mol. The Balaban J connectivity index is 1.62. The highest BCUT2D eigenvalue weighted by Crippen LogP contribution is 2.23. The zero-order chi connectivity index (χ0) is 16.3. The van der Waals surface area contributed by atoms with Gasteiger partial charge in [0.15, 0.2) is 0 Å². The number of hydrogen-bond donors (Lipinski definition) is 2. The van der Waals surface area contributed by atoms with Gasteiger partial charge in [-0.2, -0.15) is 0 Å². The van der Waals surface area contributed by atoms with Crippen LogP contribution in [-0.4, -0.2) is 61.8 Å². The predicted octanol–water partition coefficient (Wildman–Crippen LogP) is 0.841. The molecule has 1 aromatic heterocycles. The molecule has 0 bridgehead atoms. The number of likely N-dealkylation sites (N-methyl/N-ethyl adjacent to an activating group) is 1. The van der Waals surface area contributed by atoms with Gasteiger partial charge < -0.3 is 15.1 Å². The monoisotopic (exact) mass is 334 g/mol. The minimum atomic E-state index is 0.814. The summed E-state index contributed by atoms with van der Waals surface area (Å²) in [6.07, 6.45) is 1.16. The fourth-order valence-corrected chi connectivity index (χ4v) is 4.60. The van der Waals surface area contributed by atoms with Crippen molar-refractivity contribution >= 4 is 21.6 Å². The molecule has 1 saturated heterocycles. The van der Waals surface area contributed by atoms with Crippen LogP contribution in [0, 0.1) is 6.92 Å². The second-order valence-electron chi connectivity index (χ2n) is 6.90. The van der Waals surface area contributed by atoms with Crippen molar-refractivity contribution in [2.45, 2.75) is 20.3 Å². The summed E-state index contributed by atoms with van der Waals surface area (Å²) in [6.45, 7) is 14.0. The Hall–Kier alpha value is -1.01. The van der Waals surface area contributed by atoms with Gasteiger partial charge in [0, 0.05) is 13.0 Å². The Bertz CT molecular complexity index is 644. The molecule has 1 aliphatic rings. The largest absolute Gasteiger partial charge is 0.326 e. The molecule has 2 aromatic rings. The summed E-state index contributed by atoms with van der Waals surface area (Å²) in [4.78, 5) is 6.32. The number of fused-ring (bicyclic) bond motifs is 1. The first-order valence-corrected chi connectivity index (χ1v) is 9.70. The van der Waals surface area contributed by atoms with Crippen LogP contribution >= 0.6 is 11.3 Å². The molecular formula is C18H30N4S+2. The Morgan fingerprint density at radius 1 is 1.30 bits per heavy atom. The quantitative estimate of drug-likeness (QED) is 0.769. The van der Waals surface area contributed by atoms with E-state index >= 15 is 0 Å². The number of aromatic nitrogens is 1. The Morgan fingerprint density at radius 3 is 2.78 bits per heavy atom. The van der Waals surface area contributed by atoms with Crippen molar-refractivity contribution in [1.29, 1.82) is 0 Å². The van der Waals surface area contributed by atoms with E-state index in [-0.39, 0.29) is 0 Å². The van der Waals surface area contributed by atoms with E-state index in [1.807, 2.05) is 0 Å². The molecule has 0 radical (unpaired) electrons. The Morgan fingerprint density at radius 2 is 2.09 bits per heavy atom. The molecule has 4 nitrogen and oxygen atoms in total. The van der Waals surface area contributed by atoms with Crippen molar-refractivity contribution in [3.8, 4) is 0 Å². The summed E-state index contributed by atoms with van der Waals surface area (Å²) in [5.41, 5.74) is 8.32. The predicted molar refractivity (Wildman–Crippen MR) is 98.1 cm³/mol.